The second-order valence-corrected chi connectivity index (χ2v) is 4.53. The molecule has 1 rings (SSSR count). The van der Waals surface area contributed by atoms with Crippen LogP contribution in [0.1, 0.15) is 26.7 Å². The molecule has 0 aromatic rings. The number of hydrogen-bond acceptors (Lipinski definition) is 3. The highest BCUT2D eigenvalue weighted by molar-refractivity contribution is 5.84. The van der Waals surface area contributed by atoms with Crippen LogP contribution in [-0.4, -0.2) is 28.6 Å². The molecule has 2 N–H and O–H groups in total. The molecule has 0 amide bonds. The number of aliphatic hydroxyl groups excluding tert-OH is 1. The van der Waals surface area contributed by atoms with E-state index in [0.29, 0.717) is 6.42 Å². The fourth-order valence-electron chi connectivity index (χ4n) is 2.23. The van der Waals surface area contributed by atoms with Gasteiger partial charge < -0.3 is 10.2 Å². The van der Waals surface area contributed by atoms with Gasteiger partial charge in [0.05, 0.1) is 0 Å². The van der Waals surface area contributed by atoms with Crippen molar-refractivity contribution in [2.75, 3.05) is 6.61 Å². The largest absolute Gasteiger partial charge is 0.481 e. The highest BCUT2D eigenvalue weighted by Crippen LogP contribution is 2.53. The van der Waals surface area contributed by atoms with E-state index in [9.17, 15) is 9.59 Å². The van der Waals surface area contributed by atoms with Crippen molar-refractivity contribution in [1.29, 1.82) is 0 Å². The van der Waals surface area contributed by atoms with Crippen molar-refractivity contribution in [1.82, 2.24) is 0 Å². The van der Waals surface area contributed by atoms with Crippen molar-refractivity contribution in [3.63, 3.8) is 0 Å². The Kier molecular flexibility index (Phi) is 2.95. The Morgan fingerprint density at radius 2 is 2.00 bits per heavy atom. The lowest BCUT2D eigenvalue weighted by atomic mass is 9.52. The van der Waals surface area contributed by atoms with Crippen LogP contribution in [0.3, 0.4) is 0 Å². The van der Waals surface area contributed by atoms with Crippen molar-refractivity contribution in [3.05, 3.63) is 0 Å². The number of carboxylic acid groups (broad SMARTS) is 1. The fourth-order valence-corrected chi connectivity index (χ4v) is 2.23. The monoisotopic (exact) mass is 200 g/mol. The molecule has 1 aliphatic carbocycles. The predicted octanol–water partition coefficient (Wildman–Crippen LogP) is 0.685. The van der Waals surface area contributed by atoms with Gasteiger partial charge in [-0.1, -0.05) is 13.8 Å². The lowest BCUT2D eigenvalue weighted by molar-refractivity contribution is -0.151. The Morgan fingerprint density at radius 1 is 1.43 bits per heavy atom. The SMILES string of the molecule is CC1(C)[C@H](CC(=O)O)C[C@@H]1C(=O)CO. The summed E-state index contributed by atoms with van der Waals surface area (Å²) in [4.78, 5) is 21.7. The van der Waals surface area contributed by atoms with Crippen LogP contribution < -0.4 is 0 Å². The number of aliphatic carboxylic acids is 1. The molecule has 0 saturated heterocycles. The molecule has 0 unspecified atom stereocenters. The van der Waals surface area contributed by atoms with E-state index in [1.807, 2.05) is 13.8 Å². The number of carboxylic acids is 1. The molecule has 14 heavy (non-hydrogen) atoms. The van der Waals surface area contributed by atoms with E-state index in [-0.39, 0.29) is 29.5 Å². The number of rotatable bonds is 4. The van der Waals surface area contributed by atoms with Crippen LogP contribution >= 0.6 is 0 Å². The van der Waals surface area contributed by atoms with E-state index >= 15 is 0 Å². The maximum Gasteiger partial charge on any atom is 0.303 e. The first-order valence-electron chi connectivity index (χ1n) is 4.75. The molecular formula is C10H16O4. The van der Waals surface area contributed by atoms with Crippen LogP contribution in [0.15, 0.2) is 0 Å². The fraction of sp³-hybridized carbons (Fsp3) is 0.800. The molecule has 1 fully saturated rings. The van der Waals surface area contributed by atoms with Crippen LogP contribution in [0.5, 0.6) is 0 Å². The van der Waals surface area contributed by atoms with E-state index in [4.69, 9.17) is 10.2 Å². The molecule has 0 aromatic carbocycles. The number of carbonyl (C=O) groups excluding carboxylic acids is 1. The minimum Gasteiger partial charge on any atom is -0.481 e. The molecule has 4 heteroatoms. The zero-order chi connectivity index (χ0) is 10.9. The molecule has 1 saturated carbocycles. The summed E-state index contributed by atoms with van der Waals surface area (Å²) in [5.41, 5.74) is -0.280. The summed E-state index contributed by atoms with van der Waals surface area (Å²) in [6, 6.07) is 0. The minimum atomic E-state index is -0.821. The minimum absolute atomic E-state index is 0.0560. The summed E-state index contributed by atoms with van der Waals surface area (Å²) < 4.78 is 0. The maximum absolute atomic E-state index is 11.2. The van der Waals surface area contributed by atoms with Gasteiger partial charge in [0.2, 0.25) is 0 Å². The van der Waals surface area contributed by atoms with Gasteiger partial charge in [-0.05, 0) is 17.8 Å². The zero-order valence-electron chi connectivity index (χ0n) is 8.49. The summed E-state index contributed by atoms with van der Waals surface area (Å²) in [5.74, 6) is -1.10. The van der Waals surface area contributed by atoms with E-state index in [1.54, 1.807) is 0 Å². The quantitative estimate of drug-likeness (QED) is 0.700. The van der Waals surface area contributed by atoms with Crippen LogP contribution in [0.2, 0.25) is 0 Å². The van der Waals surface area contributed by atoms with Gasteiger partial charge in [-0.25, -0.2) is 0 Å². The van der Waals surface area contributed by atoms with Crippen LogP contribution in [-0.2, 0) is 9.59 Å². The molecule has 80 valence electrons. The molecule has 4 nitrogen and oxygen atoms in total. The average molecular weight is 200 g/mol. The standard InChI is InChI=1S/C10H16O4/c1-10(2)6(4-9(13)14)3-7(10)8(12)5-11/h6-7,11H,3-5H2,1-2H3,(H,13,14)/t6-,7+/m0/s1. The first-order valence-corrected chi connectivity index (χ1v) is 4.75. The van der Waals surface area contributed by atoms with E-state index in [0.717, 1.165) is 0 Å². The lowest BCUT2D eigenvalue weighted by Gasteiger charge is -2.50. The van der Waals surface area contributed by atoms with Gasteiger partial charge in [-0.2, -0.15) is 0 Å². The van der Waals surface area contributed by atoms with Gasteiger partial charge in [0.15, 0.2) is 5.78 Å². The van der Waals surface area contributed by atoms with Gasteiger partial charge >= 0.3 is 5.97 Å². The van der Waals surface area contributed by atoms with E-state index < -0.39 is 12.6 Å². The Balaban J connectivity index is 2.58. The Bertz CT molecular complexity index is 257. The third kappa shape index (κ3) is 1.80. The molecule has 0 spiro atoms. The molecule has 0 aliphatic heterocycles. The van der Waals surface area contributed by atoms with Crippen molar-refractivity contribution in [2.45, 2.75) is 26.7 Å². The van der Waals surface area contributed by atoms with Gasteiger partial charge in [-0.3, -0.25) is 9.59 Å². The summed E-state index contributed by atoms with van der Waals surface area (Å²) >= 11 is 0. The molecule has 2 atom stereocenters. The van der Waals surface area contributed by atoms with Crippen molar-refractivity contribution in [2.24, 2.45) is 17.3 Å². The molecular weight excluding hydrogens is 184 g/mol. The Morgan fingerprint density at radius 3 is 2.36 bits per heavy atom. The molecule has 1 aliphatic rings. The molecule has 0 radical (unpaired) electrons. The van der Waals surface area contributed by atoms with Crippen molar-refractivity contribution < 1.29 is 19.8 Å². The molecule has 0 heterocycles. The second kappa shape index (κ2) is 3.69. The summed E-state index contributed by atoms with van der Waals surface area (Å²) in [6.45, 7) is 3.35. The molecule has 0 bridgehead atoms. The van der Waals surface area contributed by atoms with Gasteiger partial charge in [0.1, 0.15) is 6.61 Å². The zero-order valence-corrected chi connectivity index (χ0v) is 8.49. The normalized spacial score (nSPS) is 29.4. The van der Waals surface area contributed by atoms with E-state index in [2.05, 4.69) is 0 Å². The first kappa shape index (κ1) is 11.2. The summed E-state index contributed by atoms with van der Waals surface area (Å²) in [6.07, 6.45) is 0.709. The van der Waals surface area contributed by atoms with E-state index in [1.165, 1.54) is 0 Å². The van der Waals surface area contributed by atoms with Gasteiger partial charge in [-0.15, -0.1) is 0 Å². The highest BCUT2D eigenvalue weighted by Gasteiger charge is 2.51. The highest BCUT2D eigenvalue weighted by atomic mass is 16.4. The van der Waals surface area contributed by atoms with Crippen molar-refractivity contribution in [3.8, 4) is 0 Å². The lowest BCUT2D eigenvalue weighted by Crippen LogP contribution is -2.50. The topological polar surface area (TPSA) is 74.6 Å². The van der Waals surface area contributed by atoms with Crippen LogP contribution in [0.25, 0.3) is 0 Å². The third-order valence-corrected chi connectivity index (χ3v) is 3.44. The molecule has 0 aromatic heterocycles. The summed E-state index contributed by atoms with van der Waals surface area (Å²) in [5, 5.41) is 17.3. The number of Topliss-reactive ketones (excluding diaryl/α,β-unsaturated/α-hetero) is 1. The third-order valence-electron chi connectivity index (χ3n) is 3.44. The van der Waals surface area contributed by atoms with Gasteiger partial charge in [0, 0.05) is 12.3 Å². The summed E-state index contributed by atoms with van der Waals surface area (Å²) in [7, 11) is 0. The Labute approximate surface area is 82.9 Å². The maximum atomic E-state index is 11.2. The predicted molar refractivity (Wildman–Crippen MR) is 49.7 cm³/mol. The average Bonchev–Trinajstić information content (AvgIpc) is 2.10. The van der Waals surface area contributed by atoms with Crippen LogP contribution in [0, 0.1) is 17.3 Å². The first-order chi connectivity index (χ1) is 6.39. The Hall–Kier alpha value is -0.900. The van der Waals surface area contributed by atoms with Gasteiger partial charge in [0.25, 0.3) is 0 Å². The number of carbonyl (C=O) groups is 2. The smallest absolute Gasteiger partial charge is 0.303 e. The second-order valence-electron chi connectivity index (χ2n) is 4.53. The van der Waals surface area contributed by atoms with Crippen LogP contribution in [0.4, 0.5) is 0 Å². The number of ketones is 1. The number of aliphatic hydroxyl groups is 1. The number of hydrogen-bond donors (Lipinski definition) is 2. The van der Waals surface area contributed by atoms with Crippen molar-refractivity contribution >= 4 is 11.8 Å².